The van der Waals surface area contributed by atoms with E-state index in [4.69, 9.17) is 0 Å². The SMILES string of the molecule is CC1CCCC1Nc1ccc2ccccc2c1. The highest BCUT2D eigenvalue weighted by Crippen LogP contribution is 2.29. The molecule has 1 heteroatoms. The molecule has 1 N–H and O–H groups in total. The molecule has 2 aromatic rings. The van der Waals surface area contributed by atoms with Crippen LogP contribution in [0.5, 0.6) is 0 Å². The second-order valence-electron chi connectivity index (χ2n) is 5.22. The number of anilines is 1. The van der Waals surface area contributed by atoms with Crippen molar-refractivity contribution in [2.75, 3.05) is 5.32 Å². The maximum Gasteiger partial charge on any atom is 0.0348 e. The van der Waals surface area contributed by atoms with Crippen LogP contribution in [-0.4, -0.2) is 6.04 Å². The van der Waals surface area contributed by atoms with Crippen molar-refractivity contribution >= 4 is 16.5 Å². The molecule has 0 saturated heterocycles. The second-order valence-corrected chi connectivity index (χ2v) is 5.22. The van der Waals surface area contributed by atoms with Crippen LogP contribution in [0, 0.1) is 5.92 Å². The van der Waals surface area contributed by atoms with Gasteiger partial charge in [-0.25, -0.2) is 0 Å². The molecule has 0 spiro atoms. The summed E-state index contributed by atoms with van der Waals surface area (Å²) in [6.07, 6.45) is 4.05. The first-order chi connectivity index (χ1) is 8.33. The number of fused-ring (bicyclic) bond motifs is 1. The summed E-state index contributed by atoms with van der Waals surface area (Å²) >= 11 is 0. The Morgan fingerprint density at radius 1 is 1.00 bits per heavy atom. The van der Waals surface area contributed by atoms with Gasteiger partial charge in [-0.1, -0.05) is 43.7 Å². The molecule has 0 aromatic heterocycles. The van der Waals surface area contributed by atoms with E-state index in [2.05, 4.69) is 54.7 Å². The third-order valence-corrected chi connectivity index (χ3v) is 3.96. The lowest BCUT2D eigenvalue weighted by Gasteiger charge is -2.19. The largest absolute Gasteiger partial charge is 0.382 e. The first kappa shape index (κ1) is 10.6. The Morgan fingerprint density at radius 3 is 2.59 bits per heavy atom. The van der Waals surface area contributed by atoms with E-state index in [1.165, 1.54) is 35.7 Å². The summed E-state index contributed by atoms with van der Waals surface area (Å²) in [5, 5.41) is 6.32. The van der Waals surface area contributed by atoms with Gasteiger partial charge < -0.3 is 5.32 Å². The zero-order valence-corrected chi connectivity index (χ0v) is 10.3. The van der Waals surface area contributed by atoms with Crippen molar-refractivity contribution in [3.05, 3.63) is 42.5 Å². The number of rotatable bonds is 2. The van der Waals surface area contributed by atoms with Crippen LogP contribution in [0.25, 0.3) is 10.8 Å². The van der Waals surface area contributed by atoms with E-state index >= 15 is 0 Å². The molecule has 3 rings (SSSR count). The molecule has 17 heavy (non-hydrogen) atoms. The third kappa shape index (κ3) is 2.14. The number of benzene rings is 2. The summed E-state index contributed by atoms with van der Waals surface area (Å²) in [5.41, 5.74) is 1.27. The summed E-state index contributed by atoms with van der Waals surface area (Å²) in [6, 6.07) is 15.9. The molecule has 0 heterocycles. The molecule has 1 aliphatic rings. The molecular formula is C16H19N. The molecule has 2 unspecified atom stereocenters. The number of nitrogens with one attached hydrogen (secondary N) is 1. The normalized spacial score (nSPS) is 24.1. The maximum absolute atomic E-state index is 3.68. The van der Waals surface area contributed by atoms with Crippen LogP contribution in [0.4, 0.5) is 5.69 Å². The quantitative estimate of drug-likeness (QED) is 0.796. The van der Waals surface area contributed by atoms with E-state index < -0.39 is 0 Å². The number of hydrogen-bond donors (Lipinski definition) is 1. The molecule has 2 atom stereocenters. The average Bonchev–Trinajstić information content (AvgIpc) is 2.75. The minimum absolute atomic E-state index is 0.663. The van der Waals surface area contributed by atoms with Crippen molar-refractivity contribution in [3.63, 3.8) is 0 Å². The minimum Gasteiger partial charge on any atom is -0.382 e. The Kier molecular flexibility index (Phi) is 2.76. The average molecular weight is 225 g/mol. The van der Waals surface area contributed by atoms with Gasteiger partial charge in [0.1, 0.15) is 0 Å². The summed E-state index contributed by atoms with van der Waals surface area (Å²) in [5.74, 6) is 0.807. The Bertz CT molecular complexity index is 518. The van der Waals surface area contributed by atoms with Crippen LogP contribution in [0.2, 0.25) is 0 Å². The van der Waals surface area contributed by atoms with Gasteiger partial charge in [0.25, 0.3) is 0 Å². The van der Waals surface area contributed by atoms with Gasteiger partial charge in [0.2, 0.25) is 0 Å². The molecule has 2 aromatic carbocycles. The van der Waals surface area contributed by atoms with Gasteiger partial charge in [-0.2, -0.15) is 0 Å². The van der Waals surface area contributed by atoms with Crippen LogP contribution in [0.1, 0.15) is 26.2 Å². The lowest BCUT2D eigenvalue weighted by Crippen LogP contribution is -2.21. The van der Waals surface area contributed by atoms with Crippen LogP contribution in [-0.2, 0) is 0 Å². The molecule has 1 fully saturated rings. The fourth-order valence-electron chi connectivity index (χ4n) is 2.85. The van der Waals surface area contributed by atoms with Gasteiger partial charge >= 0.3 is 0 Å². The van der Waals surface area contributed by atoms with E-state index in [-0.39, 0.29) is 0 Å². The Hall–Kier alpha value is -1.50. The molecule has 1 saturated carbocycles. The summed E-state index contributed by atoms with van der Waals surface area (Å²) < 4.78 is 0. The Balaban J connectivity index is 1.85. The molecule has 0 amide bonds. The minimum atomic E-state index is 0.663. The van der Waals surface area contributed by atoms with Gasteiger partial charge in [-0.3, -0.25) is 0 Å². The molecule has 0 aliphatic heterocycles. The molecule has 1 nitrogen and oxygen atoms in total. The summed E-state index contributed by atoms with van der Waals surface area (Å²) in [4.78, 5) is 0. The monoisotopic (exact) mass is 225 g/mol. The third-order valence-electron chi connectivity index (χ3n) is 3.96. The van der Waals surface area contributed by atoms with E-state index in [9.17, 15) is 0 Å². The molecule has 88 valence electrons. The smallest absolute Gasteiger partial charge is 0.0348 e. The number of hydrogen-bond acceptors (Lipinski definition) is 1. The van der Waals surface area contributed by atoms with Crippen molar-refractivity contribution in [3.8, 4) is 0 Å². The Labute approximate surface area is 103 Å². The van der Waals surface area contributed by atoms with Crippen LogP contribution in [0.15, 0.2) is 42.5 Å². The highest BCUT2D eigenvalue weighted by molar-refractivity contribution is 5.85. The fourth-order valence-corrected chi connectivity index (χ4v) is 2.85. The fraction of sp³-hybridized carbons (Fsp3) is 0.375. The van der Waals surface area contributed by atoms with E-state index in [0.29, 0.717) is 6.04 Å². The van der Waals surface area contributed by atoms with Crippen LogP contribution < -0.4 is 5.32 Å². The van der Waals surface area contributed by atoms with Crippen molar-refractivity contribution in [1.29, 1.82) is 0 Å². The van der Waals surface area contributed by atoms with Crippen molar-refractivity contribution in [2.45, 2.75) is 32.2 Å². The molecule has 1 aliphatic carbocycles. The zero-order chi connectivity index (χ0) is 11.7. The van der Waals surface area contributed by atoms with Crippen LogP contribution >= 0.6 is 0 Å². The van der Waals surface area contributed by atoms with Gasteiger partial charge in [0, 0.05) is 11.7 Å². The van der Waals surface area contributed by atoms with E-state index in [0.717, 1.165) is 5.92 Å². The topological polar surface area (TPSA) is 12.0 Å². The van der Waals surface area contributed by atoms with Crippen molar-refractivity contribution < 1.29 is 0 Å². The van der Waals surface area contributed by atoms with Crippen LogP contribution in [0.3, 0.4) is 0 Å². The second kappa shape index (κ2) is 4.40. The predicted molar refractivity (Wildman–Crippen MR) is 74.4 cm³/mol. The van der Waals surface area contributed by atoms with Crippen molar-refractivity contribution in [2.24, 2.45) is 5.92 Å². The highest BCUT2D eigenvalue weighted by Gasteiger charge is 2.22. The molecule has 0 bridgehead atoms. The first-order valence-electron chi connectivity index (χ1n) is 6.58. The maximum atomic E-state index is 3.68. The first-order valence-corrected chi connectivity index (χ1v) is 6.58. The standard InChI is InChI=1S/C16H19N/c1-12-5-4-8-16(12)17-15-10-9-13-6-2-3-7-14(13)11-15/h2-3,6-7,9-12,16-17H,4-5,8H2,1H3. The van der Waals surface area contributed by atoms with Gasteiger partial charge in [0.05, 0.1) is 0 Å². The summed E-state index contributed by atoms with van der Waals surface area (Å²) in [6.45, 7) is 2.35. The predicted octanol–water partition coefficient (Wildman–Crippen LogP) is 4.44. The highest BCUT2D eigenvalue weighted by atomic mass is 14.9. The zero-order valence-electron chi connectivity index (χ0n) is 10.3. The van der Waals surface area contributed by atoms with Crippen molar-refractivity contribution in [1.82, 2.24) is 0 Å². The summed E-state index contributed by atoms with van der Waals surface area (Å²) in [7, 11) is 0. The molecular weight excluding hydrogens is 206 g/mol. The van der Waals surface area contributed by atoms with Gasteiger partial charge in [-0.15, -0.1) is 0 Å². The lowest BCUT2D eigenvalue weighted by atomic mass is 10.1. The Morgan fingerprint density at radius 2 is 1.82 bits per heavy atom. The molecule has 0 radical (unpaired) electrons. The van der Waals surface area contributed by atoms with Gasteiger partial charge in [-0.05, 0) is 41.7 Å². The van der Waals surface area contributed by atoms with Gasteiger partial charge in [0.15, 0.2) is 0 Å². The van der Waals surface area contributed by atoms with E-state index in [1.807, 2.05) is 0 Å². The lowest BCUT2D eigenvalue weighted by molar-refractivity contribution is 0.556. The van der Waals surface area contributed by atoms with E-state index in [1.54, 1.807) is 0 Å².